The molecule has 0 aromatic carbocycles. The lowest BCUT2D eigenvalue weighted by Gasteiger charge is -2.03. The van der Waals surface area contributed by atoms with Crippen molar-refractivity contribution < 1.29 is 14.7 Å². The Morgan fingerprint density at radius 3 is 2.82 bits per heavy atom. The Balaban J connectivity index is 2.78. The van der Waals surface area contributed by atoms with Gasteiger partial charge in [0.15, 0.2) is 0 Å². The lowest BCUT2D eigenvalue weighted by atomic mass is 10.3. The molecule has 0 saturated carbocycles. The number of hydrogen-bond acceptors (Lipinski definition) is 4. The highest BCUT2D eigenvalue weighted by Crippen LogP contribution is 2.20. The van der Waals surface area contributed by atoms with Gasteiger partial charge in [-0.2, -0.15) is 0 Å². The van der Waals surface area contributed by atoms with Crippen molar-refractivity contribution in [1.82, 2.24) is 4.98 Å². The predicted octanol–water partition coefficient (Wildman–Crippen LogP) is 0.192. The van der Waals surface area contributed by atoms with E-state index >= 15 is 0 Å². The van der Waals surface area contributed by atoms with Crippen LogP contribution in [-0.4, -0.2) is 22.4 Å². The molecule has 1 aromatic heterocycles. The van der Waals surface area contributed by atoms with Crippen molar-refractivity contribution in [3.05, 3.63) is 22.8 Å². The number of hydrogen-bond donors (Lipinski definition) is 2. The lowest BCUT2D eigenvalue weighted by molar-refractivity contribution is 0.282. The molecule has 0 spiro atoms. The molecule has 6 heteroatoms. The summed E-state index contributed by atoms with van der Waals surface area (Å²) in [6.45, 7) is 0. The van der Waals surface area contributed by atoms with Crippen LogP contribution >= 0.6 is 15.9 Å². The zero-order valence-electron chi connectivity index (χ0n) is 5.44. The van der Waals surface area contributed by atoms with Gasteiger partial charge in [0, 0.05) is 6.20 Å². The van der Waals surface area contributed by atoms with Crippen molar-refractivity contribution >= 4 is 23.3 Å². The second kappa shape index (κ2) is 3.70. The van der Waals surface area contributed by atoms with E-state index in [1.54, 1.807) is 12.1 Å². The maximum absolute atomic E-state index is 8.40. The molecule has 0 bridgehead atoms. The fraction of sp³-hybridized carbons (Fsp3) is 0. The summed E-state index contributed by atoms with van der Waals surface area (Å²) in [5.41, 5.74) is 0. The molecule has 0 fully saturated rings. The number of aromatic nitrogens is 1. The van der Waals surface area contributed by atoms with E-state index in [9.17, 15) is 0 Å². The minimum atomic E-state index is -1.83. The van der Waals surface area contributed by atoms with E-state index in [4.69, 9.17) is 10.0 Å². The van der Waals surface area contributed by atoms with Crippen LogP contribution in [0.1, 0.15) is 0 Å². The highest BCUT2D eigenvalue weighted by molar-refractivity contribution is 9.10. The van der Waals surface area contributed by atoms with Gasteiger partial charge in [0.25, 0.3) is 0 Å². The third kappa shape index (κ3) is 2.49. The van der Waals surface area contributed by atoms with Crippen molar-refractivity contribution in [2.24, 2.45) is 0 Å². The first kappa shape index (κ1) is 8.51. The molecule has 0 aliphatic heterocycles. The first-order chi connectivity index (χ1) is 5.20. The minimum absolute atomic E-state index is 0.155. The first-order valence-electron chi connectivity index (χ1n) is 2.83. The topological polar surface area (TPSA) is 62.6 Å². The molecular formula is C5H5BBrNO3. The van der Waals surface area contributed by atoms with Gasteiger partial charge >= 0.3 is 7.32 Å². The Labute approximate surface area is 72.1 Å². The van der Waals surface area contributed by atoms with Gasteiger partial charge < -0.3 is 14.7 Å². The van der Waals surface area contributed by atoms with Crippen LogP contribution in [-0.2, 0) is 0 Å². The van der Waals surface area contributed by atoms with Crippen LogP contribution in [0.25, 0.3) is 0 Å². The molecule has 0 amide bonds. The van der Waals surface area contributed by atoms with Gasteiger partial charge in [-0.05, 0) is 28.1 Å². The zero-order chi connectivity index (χ0) is 8.27. The van der Waals surface area contributed by atoms with Gasteiger partial charge in [-0.15, -0.1) is 0 Å². The fourth-order valence-electron chi connectivity index (χ4n) is 0.558. The summed E-state index contributed by atoms with van der Waals surface area (Å²) in [7, 11) is -1.83. The molecular weight excluding hydrogens is 213 g/mol. The molecule has 4 nitrogen and oxygen atoms in total. The molecule has 1 aromatic rings. The van der Waals surface area contributed by atoms with E-state index in [-0.39, 0.29) is 5.88 Å². The smallest absolute Gasteiger partial charge is 0.497 e. The van der Waals surface area contributed by atoms with Crippen LogP contribution in [0.3, 0.4) is 0 Å². The van der Waals surface area contributed by atoms with Crippen molar-refractivity contribution in [3.63, 3.8) is 0 Å². The lowest BCUT2D eigenvalue weighted by Crippen LogP contribution is -2.21. The molecule has 0 unspecified atom stereocenters. The second-order valence-electron chi connectivity index (χ2n) is 1.73. The Morgan fingerprint density at radius 1 is 1.55 bits per heavy atom. The van der Waals surface area contributed by atoms with Gasteiger partial charge in [-0.1, -0.05) is 0 Å². The Hall–Kier alpha value is -0.585. The number of pyridine rings is 1. The van der Waals surface area contributed by atoms with E-state index in [0.717, 1.165) is 0 Å². The second-order valence-corrected chi connectivity index (χ2v) is 2.59. The molecule has 1 heterocycles. The van der Waals surface area contributed by atoms with Gasteiger partial charge in [-0.25, -0.2) is 4.98 Å². The summed E-state index contributed by atoms with van der Waals surface area (Å²) < 4.78 is 5.08. The Kier molecular flexibility index (Phi) is 2.87. The van der Waals surface area contributed by atoms with E-state index < -0.39 is 7.32 Å². The van der Waals surface area contributed by atoms with E-state index in [2.05, 4.69) is 25.6 Å². The van der Waals surface area contributed by atoms with Crippen molar-refractivity contribution in [2.45, 2.75) is 0 Å². The quantitative estimate of drug-likeness (QED) is 0.695. The van der Waals surface area contributed by atoms with Gasteiger partial charge in [-0.3, -0.25) is 0 Å². The molecule has 0 aliphatic carbocycles. The minimum Gasteiger partial charge on any atom is -0.497 e. The van der Waals surface area contributed by atoms with Crippen LogP contribution < -0.4 is 4.65 Å². The van der Waals surface area contributed by atoms with Crippen LogP contribution in [0.2, 0.25) is 0 Å². The third-order valence-corrected chi connectivity index (χ3v) is 1.55. The molecule has 0 atom stereocenters. The maximum atomic E-state index is 8.40. The number of rotatable bonds is 2. The maximum Gasteiger partial charge on any atom is 0.708 e. The Bertz CT molecular complexity index is 245. The SMILES string of the molecule is OB(O)Oc1ncccc1Br. The molecule has 0 saturated heterocycles. The third-order valence-electron chi connectivity index (χ3n) is 0.942. The normalized spacial score (nSPS) is 9.36. The van der Waals surface area contributed by atoms with Gasteiger partial charge in [0.1, 0.15) is 0 Å². The average molecular weight is 218 g/mol. The fourth-order valence-corrected chi connectivity index (χ4v) is 0.906. The zero-order valence-corrected chi connectivity index (χ0v) is 7.02. The molecule has 0 radical (unpaired) electrons. The van der Waals surface area contributed by atoms with Crippen molar-refractivity contribution in [3.8, 4) is 5.88 Å². The van der Waals surface area contributed by atoms with Crippen LogP contribution in [0, 0.1) is 0 Å². The van der Waals surface area contributed by atoms with E-state index in [0.29, 0.717) is 4.47 Å². The summed E-state index contributed by atoms with van der Waals surface area (Å²) >= 11 is 3.12. The summed E-state index contributed by atoms with van der Waals surface area (Å²) in [5.74, 6) is 0.155. The van der Waals surface area contributed by atoms with Crippen molar-refractivity contribution in [2.75, 3.05) is 0 Å². The molecule has 2 N–H and O–H groups in total. The van der Waals surface area contributed by atoms with Crippen LogP contribution in [0.4, 0.5) is 0 Å². The predicted molar refractivity (Wildman–Crippen MR) is 42.8 cm³/mol. The Morgan fingerprint density at radius 2 is 2.27 bits per heavy atom. The average Bonchev–Trinajstić information content (AvgIpc) is 1.93. The molecule has 58 valence electrons. The summed E-state index contributed by atoms with van der Waals surface area (Å²) in [5, 5.41) is 16.8. The van der Waals surface area contributed by atoms with Gasteiger partial charge in [0.2, 0.25) is 5.88 Å². The highest BCUT2D eigenvalue weighted by atomic mass is 79.9. The van der Waals surface area contributed by atoms with Crippen LogP contribution in [0.5, 0.6) is 5.88 Å². The highest BCUT2D eigenvalue weighted by Gasteiger charge is 2.13. The molecule has 11 heavy (non-hydrogen) atoms. The number of halogens is 1. The molecule has 0 aliphatic rings. The largest absolute Gasteiger partial charge is 0.708 e. The molecule has 1 rings (SSSR count). The monoisotopic (exact) mass is 217 g/mol. The standard InChI is InChI=1S/C5H5BBrNO3/c7-4-2-1-3-8-5(4)11-6(9)10/h1-3,9-10H. The summed E-state index contributed by atoms with van der Waals surface area (Å²) in [6.07, 6.45) is 1.49. The van der Waals surface area contributed by atoms with E-state index in [1.807, 2.05) is 0 Å². The summed E-state index contributed by atoms with van der Waals surface area (Å²) in [6, 6.07) is 3.38. The summed E-state index contributed by atoms with van der Waals surface area (Å²) in [4.78, 5) is 3.73. The van der Waals surface area contributed by atoms with Gasteiger partial charge in [0.05, 0.1) is 4.47 Å². The van der Waals surface area contributed by atoms with Crippen molar-refractivity contribution in [1.29, 1.82) is 0 Å². The number of nitrogens with zero attached hydrogens (tertiary/aromatic N) is 1. The van der Waals surface area contributed by atoms with Crippen LogP contribution in [0.15, 0.2) is 22.8 Å². The first-order valence-corrected chi connectivity index (χ1v) is 3.63. The van der Waals surface area contributed by atoms with E-state index in [1.165, 1.54) is 6.20 Å².